The molecule has 0 aliphatic heterocycles. The molecule has 0 aromatic heterocycles. The molecule has 0 fully saturated rings. The first kappa shape index (κ1) is 11.7. The third-order valence-corrected chi connectivity index (χ3v) is 2.67. The summed E-state index contributed by atoms with van der Waals surface area (Å²) in [6.07, 6.45) is 0. The summed E-state index contributed by atoms with van der Waals surface area (Å²) in [7, 11) is 0. The summed E-state index contributed by atoms with van der Waals surface area (Å²) in [6, 6.07) is 10.8. The minimum absolute atomic E-state index is 0. The Labute approximate surface area is 97.0 Å². The minimum atomic E-state index is -0.369. The molecule has 2 aromatic carbocycles. The van der Waals surface area contributed by atoms with Crippen LogP contribution in [-0.4, -0.2) is 13.3 Å². The summed E-state index contributed by atoms with van der Waals surface area (Å²) in [5, 5.41) is 12.3. The third-order valence-electron chi connectivity index (χ3n) is 2.03. The van der Waals surface area contributed by atoms with Crippen LogP contribution < -0.4 is 0 Å². The average Bonchev–Trinajstić information content (AvgIpc) is 2.17. The lowest BCUT2D eigenvalue weighted by Gasteiger charge is -2.00. The molecule has 2 aromatic rings. The Morgan fingerprint density at radius 2 is 1.80 bits per heavy atom. The van der Waals surface area contributed by atoms with Gasteiger partial charge in [-0.2, -0.15) is 0 Å². The van der Waals surface area contributed by atoms with Crippen molar-refractivity contribution in [1.82, 2.24) is 0 Å². The fourth-order valence-electron chi connectivity index (χ4n) is 1.41. The quantitative estimate of drug-likeness (QED) is 0.450. The summed E-state index contributed by atoms with van der Waals surface area (Å²) in [5.74, 6) is 0. The van der Waals surface area contributed by atoms with Gasteiger partial charge in [0.25, 0.3) is 5.69 Å². The van der Waals surface area contributed by atoms with Gasteiger partial charge in [-0.05, 0) is 33.4 Å². The van der Waals surface area contributed by atoms with E-state index in [1.165, 1.54) is 0 Å². The van der Waals surface area contributed by atoms with Crippen LogP contribution in [0.25, 0.3) is 10.8 Å². The van der Waals surface area contributed by atoms with Gasteiger partial charge in [0.1, 0.15) is 0 Å². The van der Waals surface area contributed by atoms with E-state index < -0.39 is 0 Å². The Hall–Kier alpha value is -1.36. The van der Waals surface area contributed by atoms with Crippen molar-refractivity contribution in [3.8, 4) is 0 Å². The smallest absolute Gasteiger partial charge is 0.258 e. The molecule has 3 nitrogen and oxygen atoms in total. The predicted octanol–water partition coefficient (Wildman–Crippen LogP) is 3.13. The molecule has 2 rings (SSSR count). The molecule has 0 atom stereocenters. The van der Waals surface area contributed by atoms with Crippen LogP contribution in [0.3, 0.4) is 0 Å². The lowest BCUT2D eigenvalue weighted by atomic mass is 10.1. The van der Waals surface area contributed by atoms with Crippen molar-refractivity contribution in [2.45, 2.75) is 0 Å². The molecule has 0 spiro atoms. The van der Waals surface area contributed by atoms with Crippen molar-refractivity contribution in [1.29, 1.82) is 0 Å². The number of halogens is 1. The molecule has 0 aliphatic rings. The molecule has 0 saturated heterocycles. The maximum absolute atomic E-state index is 10.8. The summed E-state index contributed by atoms with van der Waals surface area (Å²) in [4.78, 5) is 10.4. The second-order valence-electron chi connectivity index (χ2n) is 2.87. The zero-order valence-electron chi connectivity index (χ0n) is 7.68. The Bertz CT molecular complexity index is 516. The van der Waals surface area contributed by atoms with Crippen molar-refractivity contribution in [3.05, 3.63) is 51.0 Å². The van der Waals surface area contributed by atoms with Crippen LogP contribution in [0.1, 0.15) is 0 Å². The van der Waals surface area contributed by atoms with Crippen molar-refractivity contribution >= 4 is 40.8 Å². The third kappa shape index (κ3) is 2.02. The Morgan fingerprint density at radius 3 is 2.47 bits per heavy atom. The lowest BCUT2D eigenvalue weighted by Crippen LogP contribution is -1.90. The molecule has 0 saturated carbocycles. The van der Waals surface area contributed by atoms with Crippen LogP contribution in [0.2, 0.25) is 0 Å². The largest absolute Gasteiger partial charge is 0.291 e. The summed E-state index contributed by atoms with van der Waals surface area (Å²) in [6.45, 7) is 0. The number of nitrogens with zero attached hydrogens (tertiary/aromatic N) is 1. The van der Waals surface area contributed by atoms with Gasteiger partial charge in [0.05, 0.1) is 14.8 Å². The number of nitro benzene ring substituents is 1. The highest BCUT2D eigenvalue weighted by Gasteiger charge is 2.15. The highest BCUT2D eigenvalue weighted by atomic mass is 79.9. The number of hydrogen-bond acceptors (Lipinski definition) is 2. The second kappa shape index (κ2) is 4.44. The van der Waals surface area contributed by atoms with E-state index in [0.29, 0.717) is 9.86 Å². The summed E-state index contributed by atoms with van der Waals surface area (Å²) >= 11 is 3.18. The van der Waals surface area contributed by atoms with Crippen molar-refractivity contribution in [2.75, 3.05) is 0 Å². The fourth-order valence-corrected chi connectivity index (χ4v) is 1.90. The zero-order chi connectivity index (χ0) is 10.1. The van der Waals surface area contributed by atoms with E-state index in [4.69, 9.17) is 0 Å². The molecule has 0 heterocycles. The summed E-state index contributed by atoms with van der Waals surface area (Å²) in [5.41, 5.74) is 0.128. The Kier molecular flexibility index (Phi) is 3.47. The molecular weight excluding hydrogens is 257 g/mol. The van der Waals surface area contributed by atoms with Gasteiger partial charge in [-0.15, -0.1) is 0 Å². The second-order valence-corrected chi connectivity index (χ2v) is 3.73. The van der Waals surface area contributed by atoms with Crippen LogP contribution in [0.4, 0.5) is 5.69 Å². The highest BCUT2D eigenvalue weighted by molar-refractivity contribution is 9.10. The summed E-state index contributed by atoms with van der Waals surface area (Å²) < 4.78 is 0.515. The van der Waals surface area contributed by atoms with Gasteiger partial charge in [-0.25, -0.2) is 0 Å². The number of rotatable bonds is 1. The van der Waals surface area contributed by atoms with Gasteiger partial charge >= 0.3 is 0 Å². The van der Waals surface area contributed by atoms with Gasteiger partial charge in [-0.3, -0.25) is 10.1 Å². The van der Waals surface area contributed by atoms with Gasteiger partial charge in [0, 0.05) is 8.41 Å². The lowest BCUT2D eigenvalue weighted by molar-refractivity contribution is -0.383. The van der Waals surface area contributed by atoms with E-state index in [-0.39, 0.29) is 19.0 Å². The van der Waals surface area contributed by atoms with Gasteiger partial charge in [-0.1, -0.05) is 24.3 Å². The molecule has 15 heavy (non-hydrogen) atoms. The maximum Gasteiger partial charge on any atom is 0.291 e. The standard InChI is InChI=1S/C10H6BrNO2.B/c11-9-6-5-7-3-1-2-4-8(7)10(9)12(13)14;/h1-6H;. The predicted molar refractivity (Wildman–Crippen MR) is 64.1 cm³/mol. The highest BCUT2D eigenvalue weighted by Crippen LogP contribution is 2.32. The van der Waals surface area contributed by atoms with E-state index >= 15 is 0 Å². The molecule has 73 valence electrons. The van der Waals surface area contributed by atoms with E-state index in [9.17, 15) is 10.1 Å². The molecule has 0 N–H and O–H groups in total. The molecule has 5 heteroatoms. The molecule has 0 amide bonds. The molecular formula is C10H6BBrNO2. The average molecular weight is 263 g/mol. The first-order valence-electron chi connectivity index (χ1n) is 4.02. The maximum atomic E-state index is 10.8. The van der Waals surface area contributed by atoms with E-state index in [2.05, 4.69) is 15.9 Å². The van der Waals surface area contributed by atoms with E-state index in [0.717, 1.165) is 5.39 Å². The van der Waals surface area contributed by atoms with Crippen LogP contribution in [0, 0.1) is 10.1 Å². The minimum Gasteiger partial charge on any atom is -0.258 e. The van der Waals surface area contributed by atoms with Gasteiger partial charge < -0.3 is 0 Å². The topological polar surface area (TPSA) is 43.1 Å². The van der Waals surface area contributed by atoms with Crippen molar-refractivity contribution in [3.63, 3.8) is 0 Å². The molecule has 0 aliphatic carbocycles. The van der Waals surface area contributed by atoms with Crippen molar-refractivity contribution < 1.29 is 4.92 Å². The van der Waals surface area contributed by atoms with Crippen LogP contribution >= 0.6 is 15.9 Å². The van der Waals surface area contributed by atoms with Crippen molar-refractivity contribution in [2.24, 2.45) is 0 Å². The number of nitro groups is 1. The first-order valence-corrected chi connectivity index (χ1v) is 4.81. The van der Waals surface area contributed by atoms with Gasteiger partial charge in [0.15, 0.2) is 0 Å². The number of hydrogen-bond donors (Lipinski definition) is 0. The van der Waals surface area contributed by atoms with E-state index in [1.807, 2.05) is 18.2 Å². The SMILES string of the molecule is O=[N+]([O-])c1c(Br)ccc2ccccc12.[B]. The van der Waals surface area contributed by atoms with Crippen LogP contribution in [0.15, 0.2) is 40.9 Å². The first-order chi connectivity index (χ1) is 6.70. The monoisotopic (exact) mass is 262 g/mol. The molecule has 0 unspecified atom stereocenters. The number of fused-ring (bicyclic) bond motifs is 1. The van der Waals surface area contributed by atoms with E-state index in [1.54, 1.807) is 18.2 Å². The van der Waals surface area contributed by atoms with Crippen LogP contribution in [-0.2, 0) is 0 Å². The Balaban J connectivity index is 0.00000112. The zero-order valence-corrected chi connectivity index (χ0v) is 9.27. The van der Waals surface area contributed by atoms with Gasteiger partial charge in [0.2, 0.25) is 0 Å². The fraction of sp³-hybridized carbons (Fsp3) is 0. The molecule has 0 bridgehead atoms. The molecule has 3 radical (unpaired) electrons. The number of benzene rings is 2. The van der Waals surface area contributed by atoms with Crippen LogP contribution in [0.5, 0.6) is 0 Å². The Morgan fingerprint density at radius 1 is 1.13 bits per heavy atom. The normalized spacial score (nSPS) is 9.67.